The zero-order chi connectivity index (χ0) is 12.9. The van der Waals surface area contributed by atoms with Crippen molar-refractivity contribution in [1.82, 2.24) is 0 Å². The fourth-order valence-electron chi connectivity index (χ4n) is 1.12. The summed E-state index contributed by atoms with van der Waals surface area (Å²) in [7, 11) is -3.84. The van der Waals surface area contributed by atoms with Gasteiger partial charge in [0.15, 0.2) is 0 Å². The number of benzene rings is 1. The molecule has 0 heterocycles. The molecule has 0 bridgehead atoms. The van der Waals surface area contributed by atoms with E-state index in [2.05, 4.69) is 9.50 Å². The third-order valence-electron chi connectivity index (χ3n) is 1.79. The lowest BCUT2D eigenvalue weighted by atomic mass is 10.3. The second kappa shape index (κ2) is 5.76. The fraction of sp³-hybridized carbons (Fsp3) is 0.300. The molecule has 1 aromatic carbocycles. The molecule has 0 unspecified atom stereocenters. The Morgan fingerprint density at radius 2 is 1.94 bits per heavy atom. The molecule has 94 valence electrons. The van der Waals surface area contributed by atoms with Gasteiger partial charge in [0, 0.05) is 12.6 Å². The summed E-state index contributed by atoms with van der Waals surface area (Å²) < 4.78 is 27.5. The van der Waals surface area contributed by atoms with Crippen LogP contribution in [0.3, 0.4) is 0 Å². The molecule has 1 aromatic rings. The second-order valence-electron chi connectivity index (χ2n) is 3.21. The molecule has 2 N–H and O–H groups in total. The summed E-state index contributed by atoms with van der Waals surface area (Å²) in [6.07, 6.45) is 0. The van der Waals surface area contributed by atoms with Gasteiger partial charge < -0.3 is 10.4 Å². The molecule has 0 aliphatic rings. The normalized spacial score (nSPS) is 11.2. The fourth-order valence-corrected chi connectivity index (χ4v) is 2.02. The van der Waals surface area contributed by atoms with Gasteiger partial charge in [-0.05, 0) is 24.3 Å². The monoisotopic (exact) mass is 259 g/mol. The number of amides is 1. The SMILES string of the molecule is CC(=O)Nc1ccc(S(=O)(=O)OCCO)cc1. The minimum atomic E-state index is -3.84. The molecule has 1 rings (SSSR count). The van der Waals surface area contributed by atoms with Crippen molar-refractivity contribution in [3.05, 3.63) is 24.3 Å². The van der Waals surface area contributed by atoms with Crippen molar-refractivity contribution in [1.29, 1.82) is 0 Å². The Bertz CT molecular complexity index is 480. The standard InChI is InChI=1S/C10H13NO5S/c1-8(13)11-9-2-4-10(5-3-9)17(14,15)16-7-6-12/h2-5,12H,6-7H2,1H3,(H,11,13). The predicted octanol–water partition coefficient (Wildman–Crippen LogP) is 0.343. The maximum absolute atomic E-state index is 11.5. The van der Waals surface area contributed by atoms with Crippen molar-refractivity contribution in [2.75, 3.05) is 18.5 Å². The topological polar surface area (TPSA) is 92.7 Å². The van der Waals surface area contributed by atoms with E-state index in [0.29, 0.717) is 5.69 Å². The van der Waals surface area contributed by atoms with Crippen LogP contribution in [-0.2, 0) is 19.1 Å². The number of anilines is 1. The summed E-state index contributed by atoms with van der Waals surface area (Å²) in [5.74, 6) is -0.239. The molecule has 6 nitrogen and oxygen atoms in total. The van der Waals surface area contributed by atoms with Crippen LogP contribution >= 0.6 is 0 Å². The summed E-state index contributed by atoms with van der Waals surface area (Å²) >= 11 is 0. The third-order valence-corrected chi connectivity index (χ3v) is 3.12. The summed E-state index contributed by atoms with van der Waals surface area (Å²) in [6.45, 7) is 0.702. The Kier molecular flexibility index (Phi) is 4.62. The van der Waals surface area contributed by atoms with Crippen molar-refractivity contribution in [3.63, 3.8) is 0 Å². The van der Waals surface area contributed by atoms with Crippen LogP contribution in [0.25, 0.3) is 0 Å². The lowest BCUT2D eigenvalue weighted by molar-refractivity contribution is -0.114. The minimum Gasteiger partial charge on any atom is -0.394 e. The lowest BCUT2D eigenvalue weighted by Crippen LogP contribution is -2.10. The highest BCUT2D eigenvalue weighted by molar-refractivity contribution is 7.86. The van der Waals surface area contributed by atoms with E-state index in [1.165, 1.54) is 31.2 Å². The highest BCUT2D eigenvalue weighted by Gasteiger charge is 2.14. The van der Waals surface area contributed by atoms with Gasteiger partial charge in [-0.25, -0.2) is 0 Å². The Morgan fingerprint density at radius 3 is 2.41 bits per heavy atom. The number of aliphatic hydroxyl groups is 1. The molecule has 1 amide bonds. The summed E-state index contributed by atoms with van der Waals surface area (Å²) in [4.78, 5) is 10.7. The van der Waals surface area contributed by atoms with Gasteiger partial charge in [-0.2, -0.15) is 8.42 Å². The average molecular weight is 259 g/mol. The first-order valence-corrected chi connectivity index (χ1v) is 6.24. The molecular weight excluding hydrogens is 246 g/mol. The Labute approximate surface area is 99.3 Å². The summed E-state index contributed by atoms with van der Waals surface area (Å²) in [5, 5.41) is 11.0. The molecule has 0 fully saturated rings. The van der Waals surface area contributed by atoms with Crippen LogP contribution in [0.2, 0.25) is 0 Å². The van der Waals surface area contributed by atoms with Gasteiger partial charge in [0.05, 0.1) is 18.1 Å². The highest BCUT2D eigenvalue weighted by atomic mass is 32.2. The number of nitrogens with one attached hydrogen (secondary N) is 1. The van der Waals surface area contributed by atoms with Gasteiger partial charge in [-0.15, -0.1) is 0 Å². The molecule has 0 aliphatic carbocycles. The first-order chi connectivity index (χ1) is 7.95. The molecule has 0 saturated heterocycles. The summed E-state index contributed by atoms with van der Waals surface area (Å²) in [5.41, 5.74) is 0.499. The number of hydrogen-bond acceptors (Lipinski definition) is 5. The first kappa shape index (κ1) is 13.6. The highest BCUT2D eigenvalue weighted by Crippen LogP contribution is 2.15. The van der Waals surface area contributed by atoms with Crippen LogP contribution in [0.5, 0.6) is 0 Å². The zero-order valence-corrected chi connectivity index (χ0v) is 10.0. The van der Waals surface area contributed by atoms with E-state index in [4.69, 9.17) is 5.11 Å². The van der Waals surface area contributed by atoms with E-state index in [1.807, 2.05) is 0 Å². The summed E-state index contributed by atoms with van der Waals surface area (Å²) in [6, 6.07) is 5.54. The molecule has 0 radical (unpaired) electrons. The van der Waals surface area contributed by atoms with Gasteiger partial charge in [-0.3, -0.25) is 8.98 Å². The number of carbonyl (C=O) groups excluding carboxylic acids is 1. The first-order valence-electron chi connectivity index (χ1n) is 4.83. The molecule has 0 spiro atoms. The molecule has 0 aromatic heterocycles. The maximum Gasteiger partial charge on any atom is 0.297 e. The van der Waals surface area contributed by atoms with E-state index < -0.39 is 10.1 Å². The zero-order valence-electron chi connectivity index (χ0n) is 9.21. The van der Waals surface area contributed by atoms with Gasteiger partial charge in [-0.1, -0.05) is 0 Å². The van der Waals surface area contributed by atoms with Crippen molar-refractivity contribution in [3.8, 4) is 0 Å². The third kappa shape index (κ3) is 4.14. The molecule has 17 heavy (non-hydrogen) atoms. The van der Waals surface area contributed by atoms with Crippen molar-refractivity contribution < 1.29 is 22.5 Å². The average Bonchev–Trinajstić information content (AvgIpc) is 2.26. The Balaban J connectivity index is 2.83. The van der Waals surface area contributed by atoms with Crippen LogP contribution in [0, 0.1) is 0 Å². The number of carbonyl (C=O) groups is 1. The van der Waals surface area contributed by atoms with Gasteiger partial charge in [0.1, 0.15) is 0 Å². The van der Waals surface area contributed by atoms with Crippen LogP contribution in [0.4, 0.5) is 5.69 Å². The van der Waals surface area contributed by atoms with E-state index in [1.54, 1.807) is 0 Å². The molecule has 0 atom stereocenters. The van der Waals surface area contributed by atoms with Crippen LogP contribution in [0.15, 0.2) is 29.2 Å². The van der Waals surface area contributed by atoms with Gasteiger partial charge in [0.25, 0.3) is 10.1 Å². The van der Waals surface area contributed by atoms with Crippen molar-refractivity contribution >= 4 is 21.7 Å². The predicted molar refractivity (Wildman–Crippen MR) is 61.0 cm³/mol. The van der Waals surface area contributed by atoms with Crippen molar-refractivity contribution in [2.45, 2.75) is 11.8 Å². The van der Waals surface area contributed by atoms with Crippen LogP contribution < -0.4 is 5.32 Å². The van der Waals surface area contributed by atoms with E-state index in [9.17, 15) is 13.2 Å². The number of aliphatic hydroxyl groups excluding tert-OH is 1. The largest absolute Gasteiger partial charge is 0.394 e. The smallest absolute Gasteiger partial charge is 0.297 e. The van der Waals surface area contributed by atoms with Crippen molar-refractivity contribution in [2.24, 2.45) is 0 Å². The van der Waals surface area contributed by atoms with Crippen LogP contribution in [-0.4, -0.2) is 32.6 Å². The second-order valence-corrected chi connectivity index (χ2v) is 4.82. The number of rotatable bonds is 5. The minimum absolute atomic E-state index is 0.0277. The van der Waals surface area contributed by atoms with E-state index >= 15 is 0 Å². The Morgan fingerprint density at radius 1 is 1.35 bits per heavy atom. The van der Waals surface area contributed by atoms with Crippen LogP contribution in [0.1, 0.15) is 6.92 Å². The molecule has 0 saturated carbocycles. The van der Waals surface area contributed by atoms with E-state index in [0.717, 1.165) is 0 Å². The lowest BCUT2D eigenvalue weighted by Gasteiger charge is -2.05. The van der Waals surface area contributed by atoms with E-state index in [-0.39, 0.29) is 24.0 Å². The van der Waals surface area contributed by atoms with Gasteiger partial charge >= 0.3 is 0 Å². The van der Waals surface area contributed by atoms with Gasteiger partial charge in [0.2, 0.25) is 5.91 Å². The Hall–Kier alpha value is -1.44. The number of hydrogen-bond donors (Lipinski definition) is 2. The maximum atomic E-state index is 11.5. The molecule has 0 aliphatic heterocycles. The molecular formula is C10H13NO5S. The molecule has 7 heteroatoms. The quantitative estimate of drug-likeness (QED) is 0.744.